The highest BCUT2D eigenvalue weighted by molar-refractivity contribution is 9.10. The number of hydrogen-bond donors (Lipinski definition) is 3. The molecule has 2 amide bonds. The molecule has 142 valence electrons. The van der Waals surface area contributed by atoms with Gasteiger partial charge in [0.1, 0.15) is 6.04 Å². The molecular weight excluding hydrogens is 428 g/mol. The van der Waals surface area contributed by atoms with Gasteiger partial charge in [0.25, 0.3) is 5.24 Å². The summed E-state index contributed by atoms with van der Waals surface area (Å²) < 4.78 is 1.03. The van der Waals surface area contributed by atoms with E-state index in [1.54, 1.807) is 26.2 Å². The second-order valence-corrected chi connectivity index (χ2v) is 8.40. The summed E-state index contributed by atoms with van der Waals surface area (Å²) in [7, 11) is 3.43. The Hall–Kier alpha value is -1.87. The van der Waals surface area contributed by atoms with Crippen molar-refractivity contribution in [3.05, 3.63) is 58.6 Å². The summed E-state index contributed by atoms with van der Waals surface area (Å²) >= 11 is 4.58. The number of anilines is 1. The van der Waals surface area contributed by atoms with Crippen molar-refractivity contribution in [2.45, 2.75) is 23.4 Å². The number of carbonyl (C=O) groups excluding carboxylic acids is 2. The van der Waals surface area contributed by atoms with E-state index in [1.807, 2.05) is 36.4 Å². The molecule has 2 unspecified atom stereocenters. The van der Waals surface area contributed by atoms with Crippen molar-refractivity contribution < 1.29 is 9.59 Å². The van der Waals surface area contributed by atoms with Gasteiger partial charge < -0.3 is 10.2 Å². The van der Waals surface area contributed by atoms with Crippen molar-refractivity contribution in [1.82, 2.24) is 15.8 Å². The Morgan fingerprint density at radius 1 is 1.07 bits per heavy atom. The standard InChI is InChI=1S/C19H21BrN4O2S/c1-24(2)19(26)27-15-9-7-14(8-10-15)21-18(25)17-11-16(22-23-17)12-3-5-13(20)6-4-12/h3-10,16-17,22-23H,11H2,1-2H3,(H,21,25). The van der Waals surface area contributed by atoms with Crippen LogP contribution < -0.4 is 16.2 Å². The van der Waals surface area contributed by atoms with E-state index in [2.05, 4.69) is 32.1 Å². The molecule has 0 bridgehead atoms. The van der Waals surface area contributed by atoms with Crippen LogP contribution in [0.25, 0.3) is 0 Å². The fourth-order valence-electron chi connectivity index (χ4n) is 2.67. The van der Waals surface area contributed by atoms with Crippen LogP contribution in [0.2, 0.25) is 0 Å². The third-order valence-corrected chi connectivity index (χ3v) is 5.76. The molecule has 0 radical (unpaired) electrons. The lowest BCUT2D eigenvalue weighted by Gasteiger charge is -2.12. The van der Waals surface area contributed by atoms with Crippen LogP contribution in [0.4, 0.5) is 10.5 Å². The van der Waals surface area contributed by atoms with Crippen molar-refractivity contribution in [1.29, 1.82) is 0 Å². The highest BCUT2D eigenvalue weighted by Gasteiger charge is 2.30. The zero-order valence-electron chi connectivity index (χ0n) is 15.0. The molecule has 1 heterocycles. The first-order valence-electron chi connectivity index (χ1n) is 8.49. The molecule has 2 aromatic carbocycles. The quantitative estimate of drug-likeness (QED) is 0.620. The number of benzene rings is 2. The zero-order chi connectivity index (χ0) is 19.4. The maximum atomic E-state index is 12.5. The van der Waals surface area contributed by atoms with Crippen LogP contribution >= 0.6 is 27.7 Å². The summed E-state index contributed by atoms with van der Waals surface area (Å²) in [6.45, 7) is 0. The van der Waals surface area contributed by atoms with Crippen LogP contribution in [0.5, 0.6) is 0 Å². The fraction of sp³-hybridized carbons (Fsp3) is 0.263. The highest BCUT2D eigenvalue weighted by Crippen LogP contribution is 2.25. The van der Waals surface area contributed by atoms with E-state index < -0.39 is 0 Å². The van der Waals surface area contributed by atoms with Gasteiger partial charge in [-0.2, -0.15) is 0 Å². The second-order valence-electron chi connectivity index (χ2n) is 6.46. The average Bonchev–Trinajstić information content (AvgIpc) is 3.14. The van der Waals surface area contributed by atoms with E-state index >= 15 is 0 Å². The largest absolute Gasteiger partial charge is 0.339 e. The van der Waals surface area contributed by atoms with Crippen LogP contribution in [-0.2, 0) is 4.79 Å². The molecule has 0 saturated carbocycles. The lowest BCUT2D eigenvalue weighted by molar-refractivity contribution is -0.117. The predicted octanol–water partition coefficient (Wildman–Crippen LogP) is 3.77. The molecule has 1 aliphatic rings. The van der Waals surface area contributed by atoms with Gasteiger partial charge in [0, 0.05) is 35.2 Å². The van der Waals surface area contributed by atoms with E-state index in [4.69, 9.17) is 0 Å². The van der Waals surface area contributed by atoms with Crippen LogP contribution in [0.1, 0.15) is 18.0 Å². The normalized spacial score (nSPS) is 18.9. The van der Waals surface area contributed by atoms with Crippen molar-refractivity contribution in [3.63, 3.8) is 0 Å². The molecular formula is C19H21BrN4O2S. The summed E-state index contributed by atoms with van der Waals surface area (Å²) in [5.74, 6) is -0.0908. The minimum Gasteiger partial charge on any atom is -0.339 e. The van der Waals surface area contributed by atoms with Gasteiger partial charge in [-0.3, -0.25) is 9.59 Å². The monoisotopic (exact) mass is 448 g/mol. The lowest BCUT2D eigenvalue weighted by atomic mass is 10.0. The third kappa shape index (κ3) is 5.32. The molecule has 27 heavy (non-hydrogen) atoms. The van der Waals surface area contributed by atoms with Gasteiger partial charge in [0.15, 0.2) is 0 Å². The van der Waals surface area contributed by atoms with E-state index in [-0.39, 0.29) is 23.2 Å². The Labute approximate surface area is 171 Å². The first-order chi connectivity index (χ1) is 12.9. The minimum atomic E-state index is -0.317. The molecule has 0 aliphatic carbocycles. The Morgan fingerprint density at radius 2 is 1.74 bits per heavy atom. The average molecular weight is 449 g/mol. The molecule has 1 fully saturated rings. The topological polar surface area (TPSA) is 73.5 Å². The first-order valence-corrected chi connectivity index (χ1v) is 10.1. The SMILES string of the molecule is CN(C)C(=O)Sc1ccc(NC(=O)C2CC(c3ccc(Br)cc3)NN2)cc1. The maximum Gasteiger partial charge on any atom is 0.285 e. The fourth-order valence-corrected chi connectivity index (χ4v) is 3.59. The van der Waals surface area contributed by atoms with Crippen molar-refractivity contribution in [3.8, 4) is 0 Å². The number of nitrogens with zero attached hydrogens (tertiary/aromatic N) is 1. The van der Waals surface area contributed by atoms with Gasteiger partial charge in [-0.25, -0.2) is 10.9 Å². The number of halogens is 1. The van der Waals surface area contributed by atoms with Gasteiger partial charge in [0.05, 0.1) is 0 Å². The lowest BCUT2D eigenvalue weighted by Crippen LogP contribution is -2.39. The van der Waals surface area contributed by atoms with Gasteiger partial charge in [-0.1, -0.05) is 28.1 Å². The van der Waals surface area contributed by atoms with Crippen molar-refractivity contribution in [2.75, 3.05) is 19.4 Å². The van der Waals surface area contributed by atoms with Crippen molar-refractivity contribution >= 4 is 44.5 Å². The van der Waals surface area contributed by atoms with Gasteiger partial charge in [-0.15, -0.1) is 0 Å². The Morgan fingerprint density at radius 3 is 2.37 bits per heavy atom. The summed E-state index contributed by atoms with van der Waals surface area (Å²) in [5.41, 5.74) is 8.08. The first kappa shape index (κ1) is 19.9. The van der Waals surface area contributed by atoms with Crippen molar-refractivity contribution in [2.24, 2.45) is 0 Å². The van der Waals surface area contributed by atoms with Gasteiger partial charge in [0.2, 0.25) is 5.91 Å². The summed E-state index contributed by atoms with van der Waals surface area (Å²) in [6.07, 6.45) is 0.665. The number of hydrazine groups is 1. The van der Waals surface area contributed by atoms with Crippen LogP contribution in [0.15, 0.2) is 57.9 Å². The Kier molecular flexibility index (Phi) is 6.54. The molecule has 1 saturated heterocycles. The smallest absolute Gasteiger partial charge is 0.285 e. The zero-order valence-corrected chi connectivity index (χ0v) is 17.4. The minimum absolute atomic E-state index is 0.0352. The van der Waals surface area contributed by atoms with Crippen LogP contribution in [-0.4, -0.2) is 36.2 Å². The number of amides is 2. The molecule has 1 aliphatic heterocycles. The van der Waals surface area contributed by atoms with E-state index in [0.29, 0.717) is 12.1 Å². The second kappa shape index (κ2) is 8.88. The van der Waals surface area contributed by atoms with Crippen LogP contribution in [0, 0.1) is 0 Å². The van der Waals surface area contributed by atoms with Gasteiger partial charge >= 0.3 is 0 Å². The van der Waals surface area contributed by atoms with Crippen LogP contribution in [0.3, 0.4) is 0 Å². The molecule has 0 aromatic heterocycles. The molecule has 2 atom stereocenters. The number of hydrogen-bond acceptors (Lipinski definition) is 5. The third-order valence-electron chi connectivity index (χ3n) is 4.18. The summed E-state index contributed by atoms with van der Waals surface area (Å²) in [4.78, 5) is 26.6. The predicted molar refractivity (Wildman–Crippen MR) is 112 cm³/mol. The molecule has 6 nitrogen and oxygen atoms in total. The number of carbonyl (C=O) groups is 2. The number of rotatable bonds is 4. The highest BCUT2D eigenvalue weighted by atomic mass is 79.9. The van der Waals surface area contributed by atoms with E-state index in [9.17, 15) is 9.59 Å². The maximum absolute atomic E-state index is 12.5. The molecule has 2 aromatic rings. The molecule has 8 heteroatoms. The van der Waals surface area contributed by atoms with E-state index in [1.165, 1.54) is 4.90 Å². The summed E-state index contributed by atoms with van der Waals surface area (Å²) in [5, 5.41) is 2.88. The number of thioether (sulfide) groups is 1. The molecule has 3 N–H and O–H groups in total. The molecule has 3 rings (SSSR count). The summed E-state index contributed by atoms with van der Waals surface area (Å²) in [6, 6.07) is 15.1. The van der Waals surface area contributed by atoms with Gasteiger partial charge in [-0.05, 0) is 60.1 Å². The van der Waals surface area contributed by atoms with E-state index in [0.717, 1.165) is 26.7 Å². The molecule has 0 spiro atoms. The Bertz CT molecular complexity index is 811. The number of nitrogens with one attached hydrogen (secondary N) is 3. The Balaban J connectivity index is 1.54.